The smallest absolute Gasteiger partial charge is 0.310 e. The Morgan fingerprint density at radius 3 is 2.40 bits per heavy atom. The van der Waals surface area contributed by atoms with E-state index in [-0.39, 0.29) is 5.91 Å². The Morgan fingerprint density at radius 2 is 1.84 bits per heavy atom. The van der Waals surface area contributed by atoms with Crippen LogP contribution in [0.15, 0.2) is 48.5 Å². The minimum atomic E-state index is -0.880. The number of ether oxygens (including phenoxy) is 1. The Hall–Kier alpha value is -2.82. The fraction of sp³-hybridized carbons (Fsp3) is 0.300. The standard InChI is InChI=1S/C20H23NO4/c1-4-18(25-17-7-5-6-13(2)12-17)19(22)21-16-10-8-15(9-11-16)14(3)20(23)24/h5-12,14,18H,4H2,1-3H3,(H,21,22)(H,23,24). The van der Waals surface area contributed by atoms with Crippen molar-refractivity contribution in [1.82, 2.24) is 0 Å². The van der Waals surface area contributed by atoms with E-state index < -0.39 is 18.0 Å². The van der Waals surface area contributed by atoms with E-state index >= 15 is 0 Å². The van der Waals surface area contributed by atoms with Gasteiger partial charge in [0, 0.05) is 5.69 Å². The van der Waals surface area contributed by atoms with E-state index in [1.54, 1.807) is 31.2 Å². The highest BCUT2D eigenvalue weighted by Crippen LogP contribution is 2.20. The van der Waals surface area contributed by atoms with Gasteiger partial charge in [0.05, 0.1) is 5.92 Å². The van der Waals surface area contributed by atoms with Gasteiger partial charge in [0.1, 0.15) is 5.75 Å². The van der Waals surface area contributed by atoms with Gasteiger partial charge in [-0.2, -0.15) is 0 Å². The van der Waals surface area contributed by atoms with Crippen LogP contribution in [0, 0.1) is 6.92 Å². The maximum Gasteiger partial charge on any atom is 0.310 e. The van der Waals surface area contributed by atoms with Gasteiger partial charge in [0.2, 0.25) is 0 Å². The number of aliphatic carboxylic acids is 1. The molecule has 2 unspecified atom stereocenters. The Labute approximate surface area is 147 Å². The Morgan fingerprint density at radius 1 is 1.16 bits per heavy atom. The third kappa shape index (κ3) is 5.08. The van der Waals surface area contributed by atoms with Crippen molar-refractivity contribution in [2.24, 2.45) is 0 Å². The van der Waals surface area contributed by atoms with Crippen LogP contribution in [0.2, 0.25) is 0 Å². The van der Waals surface area contributed by atoms with Crippen molar-refractivity contribution in [3.05, 3.63) is 59.7 Å². The maximum atomic E-state index is 12.4. The predicted octanol–water partition coefficient (Wildman–Crippen LogP) is 3.98. The van der Waals surface area contributed by atoms with Crippen molar-refractivity contribution >= 4 is 17.6 Å². The molecule has 25 heavy (non-hydrogen) atoms. The third-order valence-corrected chi connectivity index (χ3v) is 3.98. The topological polar surface area (TPSA) is 75.6 Å². The Balaban J connectivity index is 2.02. The molecule has 1 amide bonds. The fourth-order valence-electron chi connectivity index (χ4n) is 2.40. The number of hydrogen-bond acceptors (Lipinski definition) is 3. The molecule has 0 bridgehead atoms. The summed E-state index contributed by atoms with van der Waals surface area (Å²) in [7, 11) is 0. The van der Waals surface area contributed by atoms with Gasteiger partial charge in [-0.15, -0.1) is 0 Å². The van der Waals surface area contributed by atoms with Gasteiger partial charge in [-0.1, -0.05) is 31.2 Å². The van der Waals surface area contributed by atoms with Gasteiger partial charge in [0.25, 0.3) is 5.91 Å². The summed E-state index contributed by atoms with van der Waals surface area (Å²) in [4.78, 5) is 23.4. The molecule has 2 rings (SSSR count). The number of carbonyl (C=O) groups is 2. The highest BCUT2D eigenvalue weighted by Gasteiger charge is 2.19. The molecule has 0 spiro atoms. The number of aryl methyl sites for hydroxylation is 1. The lowest BCUT2D eigenvalue weighted by molar-refractivity contribution is -0.138. The highest BCUT2D eigenvalue weighted by atomic mass is 16.5. The van der Waals surface area contributed by atoms with E-state index in [0.717, 1.165) is 5.56 Å². The van der Waals surface area contributed by atoms with E-state index in [9.17, 15) is 9.59 Å². The Kier molecular flexibility index (Phi) is 6.17. The van der Waals surface area contributed by atoms with Gasteiger partial charge in [-0.3, -0.25) is 9.59 Å². The summed E-state index contributed by atoms with van der Waals surface area (Å²) in [6, 6.07) is 14.4. The van der Waals surface area contributed by atoms with Crippen LogP contribution >= 0.6 is 0 Å². The summed E-state index contributed by atoms with van der Waals surface area (Å²) < 4.78 is 5.78. The van der Waals surface area contributed by atoms with Crippen molar-refractivity contribution in [3.63, 3.8) is 0 Å². The first-order chi connectivity index (χ1) is 11.9. The zero-order valence-corrected chi connectivity index (χ0v) is 14.7. The maximum absolute atomic E-state index is 12.4. The molecule has 0 radical (unpaired) electrons. The summed E-state index contributed by atoms with van der Waals surface area (Å²) in [5.41, 5.74) is 2.36. The number of amides is 1. The molecule has 2 N–H and O–H groups in total. The molecule has 0 saturated carbocycles. The van der Waals surface area contributed by atoms with E-state index in [1.807, 2.05) is 38.1 Å². The number of benzene rings is 2. The van der Waals surface area contributed by atoms with E-state index in [4.69, 9.17) is 9.84 Å². The summed E-state index contributed by atoms with van der Waals surface area (Å²) >= 11 is 0. The van der Waals surface area contributed by atoms with Crippen molar-refractivity contribution < 1.29 is 19.4 Å². The van der Waals surface area contributed by atoms with Crippen molar-refractivity contribution in [1.29, 1.82) is 0 Å². The summed E-state index contributed by atoms with van der Waals surface area (Å²) in [5.74, 6) is -1.04. The van der Waals surface area contributed by atoms with E-state index in [2.05, 4.69) is 5.32 Å². The minimum absolute atomic E-state index is 0.233. The average Bonchev–Trinajstić information content (AvgIpc) is 2.59. The quantitative estimate of drug-likeness (QED) is 0.799. The number of anilines is 1. The van der Waals surface area contributed by atoms with Gasteiger partial charge in [-0.05, 0) is 55.7 Å². The molecule has 0 aliphatic carbocycles. The first kappa shape index (κ1) is 18.5. The second kappa shape index (κ2) is 8.33. The van der Waals surface area contributed by atoms with Crippen LogP contribution in [0.3, 0.4) is 0 Å². The molecule has 0 aliphatic rings. The minimum Gasteiger partial charge on any atom is -0.481 e. The number of hydrogen-bond donors (Lipinski definition) is 2. The lowest BCUT2D eigenvalue weighted by Crippen LogP contribution is -2.32. The van der Waals surface area contributed by atoms with Crippen LogP contribution in [0.4, 0.5) is 5.69 Å². The van der Waals surface area contributed by atoms with Crippen LogP contribution < -0.4 is 10.1 Å². The molecule has 5 heteroatoms. The molecule has 2 atom stereocenters. The fourth-order valence-corrected chi connectivity index (χ4v) is 2.40. The second-order valence-corrected chi connectivity index (χ2v) is 6.00. The monoisotopic (exact) mass is 341 g/mol. The van der Waals surface area contributed by atoms with Crippen LogP contribution in [-0.4, -0.2) is 23.1 Å². The number of rotatable bonds is 7. The lowest BCUT2D eigenvalue weighted by Gasteiger charge is -2.18. The second-order valence-electron chi connectivity index (χ2n) is 6.00. The van der Waals surface area contributed by atoms with Crippen molar-refractivity contribution in [2.45, 2.75) is 39.2 Å². The van der Waals surface area contributed by atoms with Gasteiger partial charge >= 0.3 is 5.97 Å². The summed E-state index contributed by atoms with van der Waals surface area (Å²) in [6.07, 6.45) is -0.0621. The Bertz CT molecular complexity index is 740. The molecular weight excluding hydrogens is 318 g/mol. The molecule has 0 fully saturated rings. The average molecular weight is 341 g/mol. The molecule has 0 aliphatic heterocycles. The van der Waals surface area contributed by atoms with E-state index in [0.29, 0.717) is 23.4 Å². The van der Waals surface area contributed by atoms with Gasteiger partial charge in [0.15, 0.2) is 6.10 Å². The molecule has 0 heterocycles. The predicted molar refractivity (Wildman–Crippen MR) is 97.0 cm³/mol. The number of carbonyl (C=O) groups excluding carboxylic acids is 1. The van der Waals surface area contributed by atoms with Gasteiger partial charge < -0.3 is 15.2 Å². The highest BCUT2D eigenvalue weighted by molar-refractivity contribution is 5.94. The summed E-state index contributed by atoms with van der Waals surface area (Å²) in [5, 5.41) is 11.8. The van der Waals surface area contributed by atoms with Crippen LogP contribution in [0.1, 0.15) is 37.3 Å². The number of carboxylic acid groups (broad SMARTS) is 1. The SMILES string of the molecule is CCC(Oc1cccc(C)c1)C(=O)Nc1ccc(C(C)C(=O)O)cc1. The molecule has 0 aromatic heterocycles. The van der Waals surface area contributed by atoms with Crippen LogP contribution in [-0.2, 0) is 9.59 Å². The number of carboxylic acids is 1. The zero-order chi connectivity index (χ0) is 18.4. The largest absolute Gasteiger partial charge is 0.481 e. The third-order valence-electron chi connectivity index (χ3n) is 3.98. The van der Waals surface area contributed by atoms with Crippen LogP contribution in [0.5, 0.6) is 5.75 Å². The lowest BCUT2D eigenvalue weighted by atomic mass is 10.0. The van der Waals surface area contributed by atoms with Crippen molar-refractivity contribution in [3.8, 4) is 5.75 Å². The molecule has 2 aromatic carbocycles. The molecule has 132 valence electrons. The van der Waals surface area contributed by atoms with Crippen molar-refractivity contribution in [2.75, 3.05) is 5.32 Å². The first-order valence-electron chi connectivity index (χ1n) is 8.27. The molecule has 2 aromatic rings. The normalized spacial score (nSPS) is 12.9. The first-order valence-corrected chi connectivity index (χ1v) is 8.27. The number of nitrogens with one attached hydrogen (secondary N) is 1. The molecule has 5 nitrogen and oxygen atoms in total. The van der Waals surface area contributed by atoms with E-state index in [1.165, 1.54) is 0 Å². The van der Waals surface area contributed by atoms with Gasteiger partial charge in [-0.25, -0.2) is 0 Å². The molecule has 0 saturated heterocycles. The summed E-state index contributed by atoms with van der Waals surface area (Å²) in [6.45, 7) is 5.48. The molecular formula is C20H23NO4. The zero-order valence-electron chi connectivity index (χ0n) is 14.7. The van der Waals surface area contributed by atoms with Crippen LogP contribution in [0.25, 0.3) is 0 Å².